The van der Waals surface area contributed by atoms with Crippen molar-refractivity contribution in [2.45, 2.75) is 24.4 Å². The monoisotopic (exact) mass is 378 g/mol. The highest BCUT2D eigenvalue weighted by Gasteiger charge is 2.50. The zero-order valence-corrected chi connectivity index (χ0v) is 16.3. The van der Waals surface area contributed by atoms with Gasteiger partial charge in [-0.15, -0.1) is 0 Å². The first-order valence-electron chi connectivity index (χ1n) is 10.4. The molecule has 1 saturated heterocycles. The van der Waals surface area contributed by atoms with Gasteiger partial charge in [0.05, 0.1) is 23.8 Å². The zero-order chi connectivity index (χ0) is 18.7. The van der Waals surface area contributed by atoms with Crippen molar-refractivity contribution in [2.75, 3.05) is 56.3 Å². The lowest BCUT2D eigenvalue weighted by Crippen LogP contribution is -2.39. The lowest BCUT2D eigenvalue weighted by Gasteiger charge is -2.30. The van der Waals surface area contributed by atoms with Gasteiger partial charge >= 0.3 is 0 Å². The molecule has 6 rings (SSSR count). The Morgan fingerprint density at radius 3 is 2.86 bits per heavy atom. The molecule has 0 saturated carbocycles. The molecule has 1 fully saturated rings. The van der Waals surface area contributed by atoms with Gasteiger partial charge in [0.25, 0.3) is 0 Å². The predicted molar refractivity (Wildman–Crippen MR) is 109 cm³/mol. The molecule has 0 amide bonds. The van der Waals surface area contributed by atoms with Crippen LogP contribution in [0.25, 0.3) is 0 Å². The highest BCUT2D eigenvalue weighted by molar-refractivity contribution is 5.73. The van der Waals surface area contributed by atoms with Crippen LogP contribution in [0.1, 0.15) is 24.0 Å². The van der Waals surface area contributed by atoms with E-state index < -0.39 is 0 Å². The van der Waals surface area contributed by atoms with E-state index in [4.69, 9.17) is 14.2 Å². The molecule has 0 aliphatic carbocycles. The molecule has 1 unspecified atom stereocenters. The van der Waals surface area contributed by atoms with Crippen molar-refractivity contribution in [3.8, 4) is 11.5 Å². The van der Waals surface area contributed by atoms with E-state index in [1.54, 1.807) is 0 Å². The Morgan fingerprint density at radius 2 is 1.96 bits per heavy atom. The largest absolute Gasteiger partial charge is 0.492 e. The highest BCUT2D eigenvalue weighted by atomic mass is 16.5. The molecule has 2 atom stereocenters. The van der Waals surface area contributed by atoms with Crippen molar-refractivity contribution >= 4 is 11.4 Å². The molecule has 28 heavy (non-hydrogen) atoms. The molecule has 0 radical (unpaired) electrons. The van der Waals surface area contributed by atoms with Gasteiger partial charge in [-0.1, -0.05) is 18.2 Å². The molecule has 4 heterocycles. The summed E-state index contributed by atoms with van der Waals surface area (Å²) in [6, 6.07) is 13.2. The van der Waals surface area contributed by atoms with Crippen LogP contribution >= 0.6 is 0 Å². The number of ether oxygens (including phenoxy) is 3. The van der Waals surface area contributed by atoms with Crippen LogP contribution in [-0.4, -0.2) is 52.6 Å². The Labute approximate surface area is 165 Å². The molecule has 1 spiro atoms. The standard InChI is InChI=1S/C23H26N2O3/c1-24-8-10-27-22-11-18-21(12-20(22)24)28-15-23(18)14-25(13-16-5-4-9-26-16)19-7-3-2-6-17(19)23/h2-3,6-7,11-12,16H,4-5,8-10,13-15H2,1H3/t16-,23?/m1/s1. The van der Waals surface area contributed by atoms with E-state index in [0.29, 0.717) is 12.7 Å². The topological polar surface area (TPSA) is 34.2 Å². The molecule has 0 bridgehead atoms. The maximum absolute atomic E-state index is 6.29. The van der Waals surface area contributed by atoms with Crippen LogP contribution in [0.4, 0.5) is 11.4 Å². The normalized spacial score (nSPS) is 27.4. The van der Waals surface area contributed by atoms with E-state index in [2.05, 4.69) is 53.2 Å². The molecule has 2 aromatic carbocycles. The summed E-state index contributed by atoms with van der Waals surface area (Å²) in [5.74, 6) is 1.98. The second kappa shape index (κ2) is 6.05. The van der Waals surface area contributed by atoms with Crippen molar-refractivity contribution in [3.05, 3.63) is 47.5 Å². The fraction of sp³-hybridized carbons (Fsp3) is 0.478. The maximum atomic E-state index is 6.29. The number of fused-ring (bicyclic) bond motifs is 5. The predicted octanol–water partition coefficient (Wildman–Crippen LogP) is 3.19. The van der Waals surface area contributed by atoms with E-state index in [1.807, 2.05) is 0 Å². The maximum Gasteiger partial charge on any atom is 0.143 e. The smallest absolute Gasteiger partial charge is 0.143 e. The molecule has 4 aliphatic heterocycles. The van der Waals surface area contributed by atoms with Gasteiger partial charge in [-0.25, -0.2) is 0 Å². The quantitative estimate of drug-likeness (QED) is 0.802. The first kappa shape index (κ1) is 16.5. The van der Waals surface area contributed by atoms with Crippen molar-refractivity contribution in [2.24, 2.45) is 0 Å². The molecule has 146 valence electrons. The van der Waals surface area contributed by atoms with E-state index in [0.717, 1.165) is 56.5 Å². The third kappa shape index (κ3) is 2.29. The number of para-hydroxylation sites is 1. The van der Waals surface area contributed by atoms with E-state index in [-0.39, 0.29) is 5.41 Å². The van der Waals surface area contributed by atoms with E-state index in [9.17, 15) is 0 Å². The Balaban J connectivity index is 1.43. The third-order valence-corrected chi connectivity index (χ3v) is 6.82. The fourth-order valence-electron chi connectivity index (χ4n) is 5.35. The minimum Gasteiger partial charge on any atom is -0.492 e. The minimum absolute atomic E-state index is 0.126. The van der Waals surface area contributed by atoms with Crippen LogP contribution in [0.5, 0.6) is 11.5 Å². The second-order valence-electron chi connectivity index (χ2n) is 8.49. The van der Waals surface area contributed by atoms with E-state index in [1.165, 1.54) is 23.2 Å². The number of hydrogen-bond donors (Lipinski definition) is 0. The summed E-state index contributed by atoms with van der Waals surface area (Å²) in [6.45, 7) is 5.13. The Kier molecular flexibility index (Phi) is 3.57. The highest BCUT2D eigenvalue weighted by Crippen LogP contribution is 2.54. The van der Waals surface area contributed by atoms with Gasteiger partial charge in [0.15, 0.2) is 0 Å². The Hall–Kier alpha value is -2.40. The average molecular weight is 378 g/mol. The van der Waals surface area contributed by atoms with Gasteiger partial charge in [-0.2, -0.15) is 0 Å². The summed E-state index contributed by atoms with van der Waals surface area (Å²) in [5, 5.41) is 0. The third-order valence-electron chi connectivity index (χ3n) is 6.82. The first-order valence-corrected chi connectivity index (χ1v) is 10.4. The number of hydrogen-bond acceptors (Lipinski definition) is 5. The van der Waals surface area contributed by atoms with E-state index >= 15 is 0 Å². The van der Waals surface area contributed by atoms with Crippen LogP contribution in [-0.2, 0) is 10.2 Å². The van der Waals surface area contributed by atoms with Gasteiger partial charge in [0.2, 0.25) is 0 Å². The number of benzene rings is 2. The average Bonchev–Trinajstić information content (AvgIpc) is 3.42. The van der Waals surface area contributed by atoms with Crippen LogP contribution in [0.3, 0.4) is 0 Å². The number of likely N-dealkylation sites (N-methyl/N-ethyl adjacent to an activating group) is 1. The summed E-state index contributed by atoms with van der Waals surface area (Å²) in [4.78, 5) is 4.76. The molecular weight excluding hydrogens is 352 g/mol. The van der Waals surface area contributed by atoms with Crippen LogP contribution in [0, 0.1) is 0 Å². The lowest BCUT2D eigenvalue weighted by atomic mass is 9.77. The summed E-state index contributed by atoms with van der Waals surface area (Å²) in [5.41, 5.74) is 4.97. The second-order valence-corrected chi connectivity index (χ2v) is 8.49. The fourth-order valence-corrected chi connectivity index (χ4v) is 5.35. The molecular formula is C23H26N2O3. The summed E-state index contributed by atoms with van der Waals surface area (Å²) in [6.07, 6.45) is 2.67. The number of nitrogens with zero attached hydrogens (tertiary/aromatic N) is 2. The van der Waals surface area contributed by atoms with Crippen molar-refractivity contribution in [1.29, 1.82) is 0 Å². The van der Waals surface area contributed by atoms with Gasteiger partial charge in [-0.3, -0.25) is 0 Å². The van der Waals surface area contributed by atoms with Crippen LogP contribution in [0.2, 0.25) is 0 Å². The number of rotatable bonds is 2. The summed E-state index contributed by atoms with van der Waals surface area (Å²) in [7, 11) is 2.12. The SMILES string of the molecule is CN1CCOc2cc3c(cc21)OCC31CN(C[C@H]2CCCO2)c2ccccc21. The molecule has 5 nitrogen and oxygen atoms in total. The molecule has 0 N–H and O–H groups in total. The van der Waals surface area contributed by atoms with Gasteiger partial charge in [0.1, 0.15) is 24.7 Å². The van der Waals surface area contributed by atoms with Crippen molar-refractivity contribution in [3.63, 3.8) is 0 Å². The molecule has 2 aromatic rings. The zero-order valence-electron chi connectivity index (χ0n) is 16.3. The molecule has 5 heteroatoms. The Bertz CT molecular complexity index is 924. The Morgan fingerprint density at radius 1 is 1.04 bits per heavy atom. The van der Waals surface area contributed by atoms with Gasteiger partial charge < -0.3 is 24.0 Å². The minimum atomic E-state index is -0.126. The first-order chi connectivity index (χ1) is 13.7. The van der Waals surface area contributed by atoms with Crippen molar-refractivity contribution < 1.29 is 14.2 Å². The van der Waals surface area contributed by atoms with Gasteiger partial charge in [-0.05, 0) is 30.5 Å². The summed E-state index contributed by atoms with van der Waals surface area (Å²) >= 11 is 0. The van der Waals surface area contributed by atoms with Crippen LogP contribution in [0.15, 0.2) is 36.4 Å². The molecule has 0 aromatic heterocycles. The molecule has 4 aliphatic rings. The lowest BCUT2D eigenvalue weighted by molar-refractivity contribution is 0.115. The summed E-state index contributed by atoms with van der Waals surface area (Å²) < 4.78 is 18.2. The number of anilines is 2. The van der Waals surface area contributed by atoms with Crippen LogP contribution < -0.4 is 19.3 Å². The van der Waals surface area contributed by atoms with Crippen molar-refractivity contribution in [1.82, 2.24) is 0 Å². The van der Waals surface area contributed by atoms with Gasteiger partial charge in [0, 0.05) is 44.1 Å².